The Hall–Kier alpha value is -1.75. The molecule has 0 spiro atoms. The monoisotopic (exact) mass is 311 g/mol. The fourth-order valence-corrected chi connectivity index (χ4v) is 0.575. The van der Waals surface area contributed by atoms with E-state index in [1.165, 1.54) is 0 Å². The van der Waals surface area contributed by atoms with Crippen LogP contribution in [0.3, 0.4) is 0 Å². The van der Waals surface area contributed by atoms with Crippen molar-refractivity contribution in [2.24, 2.45) is 23.1 Å². The summed E-state index contributed by atoms with van der Waals surface area (Å²) in [6.07, 6.45) is 0.813. The second kappa shape index (κ2) is 14.7. The molecule has 0 heterocycles. The minimum Gasteiger partial charge on any atom is -0.480 e. The molecular weight excluding hydrogens is 286 g/mol. The minimum absolute atomic E-state index is 0.0718. The van der Waals surface area contributed by atoms with Crippen molar-refractivity contribution in [2.75, 3.05) is 13.2 Å². The first kappa shape index (κ1) is 24.3. The molecule has 3 atom stereocenters. The highest BCUT2D eigenvalue weighted by molar-refractivity contribution is 5.73. The maximum Gasteiger partial charge on any atom is 0.322 e. The van der Waals surface area contributed by atoms with Gasteiger partial charge in [0.15, 0.2) is 0 Å². The van der Waals surface area contributed by atoms with Gasteiger partial charge in [0, 0.05) is 0 Å². The van der Waals surface area contributed by atoms with Gasteiger partial charge in [-0.3, -0.25) is 14.4 Å². The predicted molar refractivity (Wildman–Crippen MR) is 74.5 cm³/mol. The van der Waals surface area contributed by atoms with Crippen LogP contribution in [0.4, 0.5) is 0 Å². The molecule has 0 saturated carbocycles. The SMILES string of the molecule is CC[C@H](C)[C@H](N)C(=O)O.NCC(=O)O.N[C@@H](CO)C(=O)O. The molecule has 0 aromatic heterocycles. The van der Waals surface area contributed by atoms with Crippen LogP contribution in [0.25, 0.3) is 0 Å². The molecule has 10 heteroatoms. The Kier molecular flexibility index (Phi) is 16.9. The van der Waals surface area contributed by atoms with E-state index in [4.69, 9.17) is 31.9 Å². The van der Waals surface area contributed by atoms with E-state index in [2.05, 4.69) is 5.73 Å². The van der Waals surface area contributed by atoms with E-state index in [-0.39, 0.29) is 12.5 Å². The van der Waals surface area contributed by atoms with Crippen molar-refractivity contribution >= 4 is 17.9 Å². The van der Waals surface area contributed by atoms with Gasteiger partial charge in [-0.25, -0.2) is 0 Å². The van der Waals surface area contributed by atoms with E-state index in [1.54, 1.807) is 0 Å². The molecule has 0 bridgehead atoms. The van der Waals surface area contributed by atoms with Gasteiger partial charge in [-0.1, -0.05) is 20.3 Å². The van der Waals surface area contributed by atoms with E-state index < -0.39 is 36.6 Å². The van der Waals surface area contributed by atoms with E-state index in [1.807, 2.05) is 13.8 Å². The molecule has 0 fully saturated rings. The standard InChI is InChI=1S/C6H13NO2.C3H7NO3.C2H5NO2/c1-3-4(2)5(7)6(8)9;4-2(1-5)3(6)7;3-1-2(4)5/h4-5H,3,7H2,1-2H3,(H,8,9);2,5H,1,4H2,(H,6,7);1,3H2,(H,4,5)/t4-,5-;2-;/m00./s1. The lowest BCUT2D eigenvalue weighted by Gasteiger charge is -2.11. The second-order valence-electron chi connectivity index (χ2n) is 3.97. The van der Waals surface area contributed by atoms with Gasteiger partial charge >= 0.3 is 17.9 Å². The van der Waals surface area contributed by atoms with Crippen LogP contribution in [0.15, 0.2) is 0 Å². The summed E-state index contributed by atoms with van der Waals surface area (Å²) in [5, 5.41) is 31.9. The zero-order chi connectivity index (χ0) is 17.6. The molecule has 0 amide bonds. The number of carboxylic acids is 3. The Bertz CT molecular complexity index is 312. The zero-order valence-electron chi connectivity index (χ0n) is 12.1. The Morgan fingerprint density at radius 2 is 1.43 bits per heavy atom. The highest BCUT2D eigenvalue weighted by Crippen LogP contribution is 2.04. The van der Waals surface area contributed by atoms with Crippen LogP contribution in [-0.2, 0) is 14.4 Å². The molecule has 10 nitrogen and oxygen atoms in total. The normalized spacial score (nSPS) is 13.4. The number of carboxylic acid groups (broad SMARTS) is 3. The van der Waals surface area contributed by atoms with E-state index in [0.29, 0.717) is 0 Å². The van der Waals surface area contributed by atoms with Crippen molar-refractivity contribution in [3.8, 4) is 0 Å². The summed E-state index contributed by atoms with van der Waals surface area (Å²) in [5.74, 6) is -2.99. The molecule has 126 valence electrons. The summed E-state index contributed by atoms with van der Waals surface area (Å²) in [5.41, 5.74) is 14.6. The Morgan fingerprint density at radius 3 is 1.48 bits per heavy atom. The topological polar surface area (TPSA) is 210 Å². The molecule has 0 aromatic carbocycles. The van der Waals surface area contributed by atoms with Gasteiger partial charge in [-0.2, -0.15) is 0 Å². The van der Waals surface area contributed by atoms with Gasteiger partial charge in [0.05, 0.1) is 13.2 Å². The van der Waals surface area contributed by atoms with Crippen molar-refractivity contribution in [3.05, 3.63) is 0 Å². The summed E-state index contributed by atoms with van der Waals surface area (Å²) < 4.78 is 0. The number of aliphatic hydroxyl groups is 1. The van der Waals surface area contributed by atoms with E-state index in [0.717, 1.165) is 6.42 Å². The van der Waals surface area contributed by atoms with Crippen molar-refractivity contribution in [2.45, 2.75) is 32.4 Å². The smallest absolute Gasteiger partial charge is 0.322 e. The summed E-state index contributed by atoms with van der Waals surface area (Å²) in [6.45, 7) is 2.97. The Labute approximate surface area is 122 Å². The minimum atomic E-state index is -1.18. The lowest BCUT2D eigenvalue weighted by atomic mass is 10.0. The average molecular weight is 311 g/mol. The van der Waals surface area contributed by atoms with Crippen LogP contribution < -0.4 is 17.2 Å². The maximum atomic E-state index is 10.2. The number of carbonyl (C=O) groups is 3. The molecule has 0 aliphatic rings. The van der Waals surface area contributed by atoms with E-state index >= 15 is 0 Å². The van der Waals surface area contributed by atoms with Gasteiger partial charge in [-0.15, -0.1) is 0 Å². The first-order valence-electron chi connectivity index (χ1n) is 6.04. The first-order valence-corrected chi connectivity index (χ1v) is 6.04. The number of nitrogens with two attached hydrogens (primary N) is 3. The van der Waals surface area contributed by atoms with Crippen molar-refractivity contribution < 1.29 is 34.8 Å². The number of aliphatic carboxylic acids is 3. The molecule has 0 saturated heterocycles. The number of aliphatic hydroxyl groups excluding tert-OH is 1. The second-order valence-corrected chi connectivity index (χ2v) is 3.97. The van der Waals surface area contributed by atoms with Gasteiger partial charge in [-0.05, 0) is 5.92 Å². The largest absolute Gasteiger partial charge is 0.480 e. The van der Waals surface area contributed by atoms with E-state index in [9.17, 15) is 14.4 Å². The fourth-order valence-electron chi connectivity index (χ4n) is 0.575. The van der Waals surface area contributed by atoms with Crippen LogP contribution in [0.5, 0.6) is 0 Å². The van der Waals surface area contributed by atoms with Crippen LogP contribution in [0.2, 0.25) is 0 Å². The van der Waals surface area contributed by atoms with Crippen LogP contribution >= 0.6 is 0 Å². The third kappa shape index (κ3) is 18.2. The van der Waals surface area contributed by atoms with Crippen LogP contribution in [0.1, 0.15) is 20.3 Å². The van der Waals surface area contributed by atoms with Crippen molar-refractivity contribution in [1.29, 1.82) is 0 Å². The van der Waals surface area contributed by atoms with Gasteiger partial charge in [0.2, 0.25) is 0 Å². The third-order valence-corrected chi connectivity index (χ3v) is 2.23. The van der Waals surface area contributed by atoms with Crippen molar-refractivity contribution in [3.63, 3.8) is 0 Å². The Morgan fingerprint density at radius 1 is 1.05 bits per heavy atom. The molecule has 0 aliphatic carbocycles. The molecule has 0 aliphatic heterocycles. The first-order chi connectivity index (χ1) is 9.54. The number of hydrogen-bond donors (Lipinski definition) is 7. The Balaban J connectivity index is -0.000000242. The molecule has 0 unspecified atom stereocenters. The number of hydrogen-bond acceptors (Lipinski definition) is 7. The highest BCUT2D eigenvalue weighted by Gasteiger charge is 2.17. The lowest BCUT2D eigenvalue weighted by Crippen LogP contribution is -2.36. The predicted octanol–water partition coefficient (Wildman–Crippen LogP) is -2.14. The summed E-state index contributed by atoms with van der Waals surface area (Å²) >= 11 is 0. The summed E-state index contributed by atoms with van der Waals surface area (Å²) in [7, 11) is 0. The van der Waals surface area contributed by atoms with Gasteiger partial charge in [0.1, 0.15) is 12.1 Å². The van der Waals surface area contributed by atoms with Crippen LogP contribution in [-0.4, -0.2) is 63.6 Å². The molecular formula is C11H25N3O7. The van der Waals surface area contributed by atoms with Crippen molar-refractivity contribution in [1.82, 2.24) is 0 Å². The lowest BCUT2D eigenvalue weighted by molar-refractivity contribution is -0.140. The highest BCUT2D eigenvalue weighted by atomic mass is 16.4. The van der Waals surface area contributed by atoms with Crippen LogP contribution in [0, 0.1) is 5.92 Å². The zero-order valence-corrected chi connectivity index (χ0v) is 12.1. The molecule has 0 radical (unpaired) electrons. The quantitative estimate of drug-likeness (QED) is 0.283. The molecule has 0 rings (SSSR count). The van der Waals surface area contributed by atoms with Gasteiger partial charge < -0.3 is 37.6 Å². The summed E-state index contributed by atoms with van der Waals surface area (Å²) in [6, 6.07) is -1.82. The molecule has 0 aromatic rings. The van der Waals surface area contributed by atoms with Gasteiger partial charge in [0.25, 0.3) is 0 Å². The third-order valence-electron chi connectivity index (χ3n) is 2.23. The molecule has 10 N–H and O–H groups in total. The average Bonchev–Trinajstić information content (AvgIpc) is 2.45. The summed E-state index contributed by atoms with van der Waals surface area (Å²) in [4.78, 5) is 29.1. The maximum absolute atomic E-state index is 10.2. The fraction of sp³-hybridized carbons (Fsp3) is 0.727. The number of rotatable bonds is 6. The molecule has 21 heavy (non-hydrogen) atoms.